The maximum atomic E-state index is 13.4. The zero-order valence-corrected chi connectivity index (χ0v) is 14.7. The summed E-state index contributed by atoms with van der Waals surface area (Å²) >= 11 is 0. The van der Waals surface area contributed by atoms with E-state index >= 15 is 0 Å². The minimum absolute atomic E-state index is 0.0740. The lowest BCUT2D eigenvalue weighted by Gasteiger charge is -2.19. The van der Waals surface area contributed by atoms with Crippen LogP contribution in [-0.4, -0.2) is 37.4 Å². The highest BCUT2D eigenvalue weighted by Gasteiger charge is 2.20. The minimum Gasteiger partial charge on any atom is -0.496 e. The van der Waals surface area contributed by atoms with E-state index in [0.717, 1.165) is 22.9 Å². The Morgan fingerprint density at radius 3 is 2.40 bits per heavy atom. The van der Waals surface area contributed by atoms with Gasteiger partial charge in [-0.3, -0.25) is 9.59 Å². The van der Waals surface area contributed by atoms with Crippen molar-refractivity contribution >= 4 is 17.5 Å². The number of para-hydroxylation sites is 1. The van der Waals surface area contributed by atoms with Crippen molar-refractivity contribution in [1.29, 1.82) is 0 Å². The molecule has 0 spiro atoms. The molecule has 25 heavy (non-hydrogen) atoms. The number of amides is 2. The number of halogens is 1. The molecule has 0 radical (unpaired) electrons. The van der Waals surface area contributed by atoms with Crippen molar-refractivity contribution in [2.24, 2.45) is 0 Å². The summed E-state index contributed by atoms with van der Waals surface area (Å²) in [4.78, 5) is 26.0. The Kier molecular flexibility index (Phi) is 5.75. The van der Waals surface area contributed by atoms with E-state index in [1.54, 1.807) is 0 Å². The van der Waals surface area contributed by atoms with Gasteiger partial charge in [0.15, 0.2) is 0 Å². The summed E-state index contributed by atoms with van der Waals surface area (Å²) in [5.74, 6) is -1.11. The summed E-state index contributed by atoms with van der Waals surface area (Å²) in [5, 5.41) is 2.82. The van der Waals surface area contributed by atoms with Gasteiger partial charge in [-0.1, -0.05) is 18.2 Å². The van der Waals surface area contributed by atoms with Gasteiger partial charge in [-0.15, -0.1) is 0 Å². The lowest BCUT2D eigenvalue weighted by atomic mass is 10.1. The first-order chi connectivity index (χ1) is 11.8. The topological polar surface area (TPSA) is 58.6 Å². The maximum absolute atomic E-state index is 13.4. The second kappa shape index (κ2) is 7.79. The molecular formula is C19H21FN2O3. The van der Waals surface area contributed by atoms with E-state index in [0.29, 0.717) is 0 Å². The second-order valence-corrected chi connectivity index (χ2v) is 5.82. The van der Waals surface area contributed by atoms with Gasteiger partial charge in [0.25, 0.3) is 5.91 Å². The standard InChI is InChI=1S/C19H21FN2O3/c1-12-6-5-7-13(2)18(12)21-17(23)11-22(3)19(24)15-10-14(20)8-9-16(15)25-4/h5-10H,11H2,1-4H3,(H,21,23). The first-order valence-electron chi connectivity index (χ1n) is 7.78. The van der Waals surface area contributed by atoms with Gasteiger partial charge < -0.3 is 15.0 Å². The zero-order chi connectivity index (χ0) is 18.6. The number of benzene rings is 2. The fourth-order valence-electron chi connectivity index (χ4n) is 2.53. The van der Waals surface area contributed by atoms with E-state index in [9.17, 15) is 14.0 Å². The van der Waals surface area contributed by atoms with E-state index in [1.165, 1.54) is 31.2 Å². The molecule has 0 bridgehead atoms. The van der Waals surface area contributed by atoms with Gasteiger partial charge in [-0.05, 0) is 43.2 Å². The molecule has 0 atom stereocenters. The predicted octanol–water partition coefficient (Wildman–Crippen LogP) is 3.16. The monoisotopic (exact) mass is 344 g/mol. The number of rotatable bonds is 5. The summed E-state index contributed by atoms with van der Waals surface area (Å²) in [6.07, 6.45) is 0. The Hall–Kier alpha value is -2.89. The van der Waals surface area contributed by atoms with Crippen LogP contribution in [0, 0.1) is 19.7 Å². The average molecular weight is 344 g/mol. The lowest BCUT2D eigenvalue weighted by molar-refractivity contribution is -0.116. The number of nitrogens with one attached hydrogen (secondary N) is 1. The van der Waals surface area contributed by atoms with Crippen molar-refractivity contribution in [2.75, 3.05) is 26.0 Å². The van der Waals surface area contributed by atoms with Crippen molar-refractivity contribution in [3.8, 4) is 5.75 Å². The molecule has 0 saturated carbocycles. The SMILES string of the molecule is COc1ccc(F)cc1C(=O)N(C)CC(=O)Nc1c(C)cccc1C. The molecule has 0 unspecified atom stereocenters. The fourth-order valence-corrected chi connectivity index (χ4v) is 2.53. The smallest absolute Gasteiger partial charge is 0.257 e. The summed E-state index contributed by atoms with van der Waals surface area (Å²) in [5.41, 5.74) is 2.69. The number of likely N-dealkylation sites (N-methyl/N-ethyl adjacent to an activating group) is 1. The number of ether oxygens (including phenoxy) is 1. The number of carbonyl (C=O) groups is 2. The molecule has 0 fully saturated rings. The fraction of sp³-hybridized carbons (Fsp3) is 0.263. The molecule has 5 nitrogen and oxygen atoms in total. The van der Waals surface area contributed by atoms with Crippen LogP contribution >= 0.6 is 0 Å². The molecule has 6 heteroatoms. The summed E-state index contributed by atoms with van der Waals surface area (Å²) in [7, 11) is 2.88. The minimum atomic E-state index is -0.544. The first kappa shape index (κ1) is 18.4. The highest BCUT2D eigenvalue weighted by molar-refractivity contribution is 6.01. The average Bonchev–Trinajstić information content (AvgIpc) is 2.57. The summed E-state index contributed by atoms with van der Waals surface area (Å²) in [6, 6.07) is 9.40. The van der Waals surface area contributed by atoms with Crippen molar-refractivity contribution in [1.82, 2.24) is 4.90 Å². The number of aryl methyl sites for hydroxylation is 2. The van der Waals surface area contributed by atoms with Crippen LogP contribution in [0.5, 0.6) is 5.75 Å². The van der Waals surface area contributed by atoms with Crippen molar-refractivity contribution in [2.45, 2.75) is 13.8 Å². The van der Waals surface area contributed by atoms with Gasteiger partial charge in [-0.25, -0.2) is 4.39 Å². The van der Waals surface area contributed by atoms with E-state index in [2.05, 4.69) is 5.32 Å². The molecule has 132 valence electrons. The molecule has 1 N–H and O–H groups in total. The number of hydrogen-bond acceptors (Lipinski definition) is 3. The van der Waals surface area contributed by atoms with Gasteiger partial charge in [-0.2, -0.15) is 0 Å². The molecule has 0 aliphatic carbocycles. The molecule has 2 rings (SSSR count). The molecule has 2 aromatic carbocycles. The van der Waals surface area contributed by atoms with Crippen LogP contribution in [0.2, 0.25) is 0 Å². The zero-order valence-electron chi connectivity index (χ0n) is 14.7. The van der Waals surface area contributed by atoms with E-state index in [1.807, 2.05) is 32.0 Å². The first-order valence-corrected chi connectivity index (χ1v) is 7.78. The number of carbonyl (C=O) groups excluding carboxylic acids is 2. The number of methoxy groups -OCH3 is 1. The van der Waals surface area contributed by atoms with Gasteiger partial charge >= 0.3 is 0 Å². The molecule has 0 heterocycles. The Balaban J connectivity index is 2.11. The maximum Gasteiger partial charge on any atom is 0.257 e. The van der Waals surface area contributed by atoms with Gasteiger partial charge in [0.2, 0.25) is 5.91 Å². The molecular weight excluding hydrogens is 323 g/mol. The van der Waals surface area contributed by atoms with Crippen LogP contribution < -0.4 is 10.1 Å². The van der Waals surface area contributed by atoms with Crippen LogP contribution in [0.4, 0.5) is 10.1 Å². The van der Waals surface area contributed by atoms with Crippen molar-refractivity contribution in [3.05, 3.63) is 58.9 Å². The van der Waals surface area contributed by atoms with E-state index in [-0.39, 0.29) is 23.8 Å². The van der Waals surface area contributed by atoms with E-state index < -0.39 is 11.7 Å². The third-order valence-corrected chi connectivity index (χ3v) is 3.86. The summed E-state index contributed by atoms with van der Waals surface area (Å²) < 4.78 is 18.5. The molecule has 2 amide bonds. The number of nitrogens with zero attached hydrogens (tertiary/aromatic N) is 1. The predicted molar refractivity (Wildman–Crippen MR) is 94.5 cm³/mol. The van der Waals surface area contributed by atoms with Crippen LogP contribution in [0.15, 0.2) is 36.4 Å². The van der Waals surface area contributed by atoms with E-state index in [4.69, 9.17) is 4.74 Å². The largest absolute Gasteiger partial charge is 0.496 e. The van der Waals surface area contributed by atoms with Crippen LogP contribution in [0.25, 0.3) is 0 Å². The lowest BCUT2D eigenvalue weighted by Crippen LogP contribution is -2.35. The molecule has 0 aliphatic heterocycles. The third-order valence-electron chi connectivity index (χ3n) is 3.86. The molecule has 2 aromatic rings. The Labute approximate surface area is 146 Å². The number of anilines is 1. The van der Waals surface area contributed by atoms with Gasteiger partial charge in [0, 0.05) is 12.7 Å². The van der Waals surface area contributed by atoms with Gasteiger partial charge in [0.05, 0.1) is 19.2 Å². The third kappa shape index (κ3) is 4.35. The molecule has 0 aliphatic rings. The van der Waals surface area contributed by atoms with Crippen LogP contribution in [0.1, 0.15) is 21.5 Å². The Bertz CT molecular complexity index is 785. The van der Waals surface area contributed by atoms with Crippen LogP contribution in [-0.2, 0) is 4.79 Å². The van der Waals surface area contributed by atoms with Crippen molar-refractivity contribution in [3.63, 3.8) is 0 Å². The molecule has 0 saturated heterocycles. The normalized spacial score (nSPS) is 10.3. The number of hydrogen-bond donors (Lipinski definition) is 1. The summed E-state index contributed by atoms with van der Waals surface area (Å²) in [6.45, 7) is 3.64. The highest BCUT2D eigenvalue weighted by Crippen LogP contribution is 2.21. The van der Waals surface area contributed by atoms with Crippen LogP contribution in [0.3, 0.4) is 0 Å². The molecule has 0 aromatic heterocycles. The second-order valence-electron chi connectivity index (χ2n) is 5.82. The Morgan fingerprint density at radius 1 is 1.16 bits per heavy atom. The van der Waals surface area contributed by atoms with Crippen molar-refractivity contribution < 1.29 is 18.7 Å². The highest BCUT2D eigenvalue weighted by atomic mass is 19.1. The quantitative estimate of drug-likeness (QED) is 0.906. The Morgan fingerprint density at radius 2 is 1.80 bits per heavy atom. The van der Waals surface area contributed by atoms with Gasteiger partial charge in [0.1, 0.15) is 11.6 Å².